The van der Waals surface area contributed by atoms with Crippen LogP contribution in [0.15, 0.2) is 24.3 Å². The first-order valence-electron chi connectivity index (χ1n) is 14.8. The number of carbonyl (C=O) groups excluding carboxylic acids is 2. The molecule has 6 N–H and O–H groups in total. The van der Waals surface area contributed by atoms with Crippen LogP contribution in [-0.2, 0) is 44.1 Å². The molecule has 0 atom stereocenters. The molecular weight excluding hydrogens is 528 g/mol. The van der Waals surface area contributed by atoms with Crippen LogP contribution in [0.25, 0.3) is 0 Å². The Hall–Kier alpha value is -3.10. The smallest absolute Gasteiger partial charge is 0.235 e. The second kappa shape index (κ2) is 13.0. The van der Waals surface area contributed by atoms with Crippen molar-refractivity contribution >= 4 is 11.8 Å². The molecule has 2 aromatic carbocycles. The van der Waals surface area contributed by atoms with Gasteiger partial charge in [0.15, 0.2) is 0 Å². The number of aromatic hydroxyl groups is 2. The first-order valence-corrected chi connectivity index (χ1v) is 14.8. The van der Waals surface area contributed by atoms with Gasteiger partial charge in [0.1, 0.15) is 11.5 Å². The third-order valence-corrected chi connectivity index (χ3v) is 7.32. The molecule has 2 rings (SSSR count). The molecule has 0 unspecified atom stereocenters. The summed E-state index contributed by atoms with van der Waals surface area (Å²) in [6, 6.07) is 7.92. The fraction of sp³-hybridized carbons (Fsp3) is 0.588. The minimum atomic E-state index is -0.243. The van der Waals surface area contributed by atoms with Crippen molar-refractivity contribution in [1.82, 2.24) is 21.9 Å². The van der Waals surface area contributed by atoms with Crippen molar-refractivity contribution in [1.29, 1.82) is 0 Å². The minimum Gasteiger partial charge on any atom is -0.507 e. The van der Waals surface area contributed by atoms with Crippen molar-refractivity contribution < 1.29 is 19.8 Å². The van der Waals surface area contributed by atoms with Gasteiger partial charge in [0.2, 0.25) is 11.8 Å². The summed E-state index contributed by atoms with van der Waals surface area (Å²) in [4.78, 5) is 24.9. The van der Waals surface area contributed by atoms with Crippen molar-refractivity contribution in [3.8, 4) is 11.5 Å². The van der Waals surface area contributed by atoms with E-state index in [0.717, 1.165) is 33.4 Å². The molecule has 2 amide bonds. The van der Waals surface area contributed by atoms with Crippen LogP contribution in [0.4, 0.5) is 0 Å². The Balaban J connectivity index is 1.91. The van der Waals surface area contributed by atoms with Gasteiger partial charge in [-0.2, -0.15) is 11.1 Å². The number of benzene rings is 2. The Morgan fingerprint density at radius 3 is 0.976 bits per heavy atom. The molecule has 8 heteroatoms. The number of hydrazine groups is 3. The zero-order valence-electron chi connectivity index (χ0n) is 27.8. The first-order chi connectivity index (χ1) is 19.0. The largest absolute Gasteiger partial charge is 0.507 e. The molecule has 0 fully saturated rings. The molecule has 0 aliphatic heterocycles. The van der Waals surface area contributed by atoms with E-state index in [1.165, 1.54) is 0 Å². The molecule has 0 spiro atoms. The Morgan fingerprint density at radius 2 is 0.762 bits per heavy atom. The van der Waals surface area contributed by atoms with E-state index in [0.29, 0.717) is 24.3 Å². The summed E-state index contributed by atoms with van der Waals surface area (Å²) in [6.45, 7) is 24.7. The summed E-state index contributed by atoms with van der Waals surface area (Å²) in [7, 11) is 0. The zero-order chi connectivity index (χ0) is 32.3. The van der Waals surface area contributed by atoms with Crippen molar-refractivity contribution in [3.05, 3.63) is 57.6 Å². The maximum Gasteiger partial charge on any atom is 0.235 e. The van der Waals surface area contributed by atoms with Crippen molar-refractivity contribution in [2.24, 2.45) is 0 Å². The van der Waals surface area contributed by atoms with Crippen LogP contribution >= 0.6 is 0 Å². The second-order valence-electron chi connectivity index (χ2n) is 15.4. The standard InChI is InChI=1S/C34H54N4O4/c1-31(2,3)23-17-21(18-24(29(23)41)32(4,5)6)13-15-27(39)35-37-38-36-28(40)16-14-22-19-25(33(7,8)9)30(42)26(20-22)34(10,11)12/h17-20,37-38,41-42H,13-16H2,1-12H3,(H,35,39)(H,36,40). The topological polar surface area (TPSA) is 123 Å². The predicted octanol–water partition coefficient (Wildman–Crippen LogP) is 6.01. The molecule has 234 valence electrons. The lowest BCUT2D eigenvalue weighted by atomic mass is 9.78. The van der Waals surface area contributed by atoms with E-state index in [4.69, 9.17) is 0 Å². The van der Waals surface area contributed by atoms with Crippen molar-refractivity contribution in [2.45, 2.75) is 130 Å². The van der Waals surface area contributed by atoms with Crippen LogP contribution in [-0.4, -0.2) is 22.0 Å². The van der Waals surface area contributed by atoms with Crippen LogP contribution in [0.3, 0.4) is 0 Å². The summed E-state index contributed by atoms with van der Waals surface area (Å²) < 4.78 is 0. The van der Waals surface area contributed by atoms with Crippen LogP contribution in [0.1, 0.15) is 129 Å². The van der Waals surface area contributed by atoms with Gasteiger partial charge in [-0.1, -0.05) is 107 Å². The van der Waals surface area contributed by atoms with Gasteiger partial charge in [0.25, 0.3) is 0 Å². The molecule has 42 heavy (non-hydrogen) atoms. The summed E-state index contributed by atoms with van der Waals surface area (Å²) in [5.41, 5.74) is 14.7. The molecule has 0 aromatic heterocycles. The molecular formula is C34H54N4O4. The highest BCUT2D eigenvalue weighted by molar-refractivity contribution is 5.76. The predicted molar refractivity (Wildman–Crippen MR) is 170 cm³/mol. The highest BCUT2D eigenvalue weighted by Gasteiger charge is 2.28. The lowest BCUT2D eigenvalue weighted by Gasteiger charge is -2.28. The molecule has 0 saturated carbocycles. The normalized spacial score (nSPS) is 12.8. The lowest BCUT2D eigenvalue weighted by molar-refractivity contribution is -0.125. The average molecular weight is 583 g/mol. The van der Waals surface area contributed by atoms with Crippen molar-refractivity contribution in [2.75, 3.05) is 0 Å². The van der Waals surface area contributed by atoms with Gasteiger partial charge in [-0.15, -0.1) is 0 Å². The Labute approximate surface area is 253 Å². The van der Waals surface area contributed by atoms with E-state index in [1.54, 1.807) is 0 Å². The van der Waals surface area contributed by atoms with Crippen LogP contribution in [0.5, 0.6) is 11.5 Å². The van der Waals surface area contributed by atoms with E-state index in [-0.39, 0.29) is 46.3 Å². The number of hydrogen-bond acceptors (Lipinski definition) is 6. The fourth-order valence-corrected chi connectivity index (χ4v) is 4.81. The zero-order valence-corrected chi connectivity index (χ0v) is 27.8. The van der Waals surface area contributed by atoms with E-state index >= 15 is 0 Å². The first kappa shape index (κ1) is 35.1. The van der Waals surface area contributed by atoms with Crippen LogP contribution in [0.2, 0.25) is 0 Å². The summed E-state index contributed by atoms with van der Waals surface area (Å²) in [6.07, 6.45) is 1.47. The number of nitrogens with one attached hydrogen (secondary N) is 4. The number of phenolic OH excluding ortho intramolecular Hbond substituents is 2. The summed E-state index contributed by atoms with van der Waals surface area (Å²) in [5.74, 6) is 0.153. The van der Waals surface area contributed by atoms with Gasteiger partial charge in [-0.05, 0) is 67.9 Å². The Morgan fingerprint density at radius 1 is 0.524 bits per heavy atom. The number of hydrogen-bond donors (Lipinski definition) is 6. The molecule has 0 aliphatic rings. The number of aryl methyl sites for hydroxylation is 2. The number of amides is 2. The number of phenols is 2. The summed E-state index contributed by atoms with van der Waals surface area (Å²) in [5, 5.41) is 21.8. The van der Waals surface area contributed by atoms with Crippen LogP contribution in [0, 0.1) is 0 Å². The van der Waals surface area contributed by atoms with Crippen molar-refractivity contribution in [3.63, 3.8) is 0 Å². The highest BCUT2D eigenvalue weighted by atomic mass is 16.3. The maximum atomic E-state index is 12.5. The van der Waals surface area contributed by atoms with Gasteiger partial charge in [-0.25, -0.2) is 0 Å². The van der Waals surface area contributed by atoms with Gasteiger partial charge >= 0.3 is 0 Å². The molecule has 8 nitrogen and oxygen atoms in total. The Kier molecular flexibility index (Phi) is 10.9. The molecule has 2 aromatic rings. The van der Waals surface area contributed by atoms with E-state index < -0.39 is 0 Å². The van der Waals surface area contributed by atoms with E-state index in [9.17, 15) is 19.8 Å². The van der Waals surface area contributed by atoms with E-state index in [1.807, 2.05) is 24.3 Å². The quantitative estimate of drug-likeness (QED) is 0.159. The fourth-order valence-electron chi connectivity index (χ4n) is 4.81. The number of rotatable bonds is 9. The monoisotopic (exact) mass is 582 g/mol. The van der Waals surface area contributed by atoms with Gasteiger partial charge in [0, 0.05) is 12.8 Å². The average Bonchev–Trinajstić information content (AvgIpc) is 2.82. The molecule has 0 bridgehead atoms. The molecule has 0 aliphatic carbocycles. The third kappa shape index (κ3) is 9.73. The maximum absolute atomic E-state index is 12.5. The van der Waals surface area contributed by atoms with Gasteiger partial charge < -0.3 is 10.2 Å². The summed E-state index contributed by atoms with van der Waals surface area (Å²) >= 11 is 0. The van der Waals surface area contributed by atoms with Gasteiger partial charge in [0.05, 0.1) is 0 Å². The Bertz CT molecular complexity index is 1100. The molecule has 0 saturated heterocycles. The molecule has 0 heterocycles. The van der Waals surface area contributed by atoms with Gasteiger partial charge in [-0.3, -0.25) is 20.4 Å². The van der Waals surface area contributed by atoms with E-state index in [2.05, 4.69) is 105 Å². The second-order valence-corrected chi connectivity index (χ2v) is 15.4. The SMILES string of the molecule is CC(C)(C)c1cc(CCC(=O)NNNNC(=O)CCc2cc(C(C)(C)C)c(O)c(C(C)(C)C)c2)cc(C(C)(C)C)c1O. The molecule has 0 radical (unpaired) electrons. The number of carbonyl (C=O) groups is 2. The highest BCUT2D eigenvalue weighted by Crippen LogP contribution is 2.41. The minimum absolute atomic E-state index is 0.230. The lowest BCUT2D eigenvalue weighted by Crippen LogP contribution is -2.54. The third-order valence-electron chi connectivity index (χ3n) is 7.32. The van der Waals surface area contributed by atoms with Crippen LogP contribution < -0.4 is 21.9 Å².